The van der Waals surface area contributed by atoms with Crippen LogP contribution in [-0.4, -0.2) is 92.7 Å². The maximum Gasteiger partial charge on any atom is 0.328 e. The number of likely N-dealkylation sites (tertiary alicyclic amines) is 1. The van der Waals surface area contributed by atoms with Gasteiger partial charge in [0.2, 0.25) is 16.9 Å². The van der Waals surface area contributed by atoms with Gasteiger partial charge in [-0.05, 0) is 32.6 Å². The Morgan fingerprint density at radius 2 is 1.72 bits per heavy atom. The molecule has 1 saturated carbocycles. The molecule has 1 saturated heterocycles. The Labute approximate surface area is 220 Å². The molecule has 1 aliphatic carbocycles. The molecule has 11 nitrogen and oxygen atoms in total. The van der Waals surface area contributed by atoms with Crippen LogP contribution in [0.2, 0.25) is 0 Å². The molecule has 3 unspecified atom stereocenters. The van der Waals surface area contributed by atoms with Crippen molar-refractivity contribution in [2.24, 2.45) is 11.8 Å². The maximum atomic E-state index is 13.0. The van der Waals surface area contributed by atoms with Crippen LogP contribution in [0.1, 0.15) is 58.8 Å². The molecular formula is C23H39N3O8S2. The highest BCUT2D eigenvalue weighted by Gasteiger charge is 2.37. The molecule has 0 bridgehead atoms. The fraction of sp³-hybridized carbons (Fsp3) is 0.826. The molecule has 0 aromatic heterocycles. The standard InChI is InChI=1S/C23H39N3O8S2/c1-16(15-36-23(30)17(2)24-20(27)18-7-4-3-5-8-18)21(28)25-10-6-9-19(25)22(29)33-11-13-35-14-12-34-26(31)32/h16-19,31-32H,3-15H2,1-2H3,(H,24,27). The van der Waals surface area contributed by atoms with Gasteiger partial charge in [-0.1, -0.05) is 37.9 Å². The number of rotatable bonds is 14. The van der Waals surface area contributed by atoms with E-state index in [0.29, 0.717) is 30.9 Å². The van der Waals surface area contributed by atoms with Crippen LogP contribution in [0.3, 0.4) is 0 Å². The molecule has 2 aliphatic rings. The van der Waals surface area contributed by atoms with Crippen molar-refractivity contribution in [3.63, 3.8) is 0 Å². The minimum absolute atomic E-state index is 0.0162. The molecule has 13 heteroatoms. The summed E-state index contributed by atoms with van der Waals surface area (Å²) in [5, 5.41) is 19.2. The van der Waals surface area contributed by atoms with Gasteiger partial charge in [0.15, 0.2) is 0 Å². The SMILES string of the molecule is CC(CSC(=O)C(C)NC(=O)C1CCCCC1)C(=O)N1CCCC1C(=O)OCCSCCON(O)O. The van der Waals surface area contributed by atoms with E-state index in [1.807, 2.05) is 0 Å². The molecule has 0 aromatic carbocycles. The van der Waals surface area contributed by atoms with Crippen molar-refractivity contribution in [3.8, 4) is 0 Å². The molecule has 2 fully saturated rings. The lowest BCUT2D eigenvalue weighted by atomic mass is 9.88. The second kappa shape index (κ2) is 16.5. The first kappa shape index (κ1) is 30.8. The summed E-state index contributed by atoms with van der Waals surface area (Å²) >= 11 is 2.46. The van der Waals surface area contributed by atoms with Crippen molar-refractivity contribution in [1.29, 1.82) is 0 Å². The van der Waals surface area contributed by atoms with E-state index in [0.717, 1.165) is 43.9 Å². The van der Waals surface area contributed by atoms with E-state index in [2.05, 4.69) is 10.2 Å². The number of nitrogens with zero attached hydrogens (tertiary/aromatic N) is 2. The fourth-order valence-electron chi connectivity index (χ4n) is 4.29. The summed E-state index contributed by atoms with van der Waals surface area (Å²) in [4.78, 5) is 56.4. The second-order valence-corrected chi connectivity index (χ2v) is 11.4. The van der Waals surface area contributed by atoms with Crippen LogP contribution in [0.5, 0.6) is 0 Å². The van der Waals surface area contributed by atoms with Crippen molar-refractivity contribution >= 4 is 46.4 Å². The summed E-state index contributed by atoms with van der Waals surface area (Å²) < 4.78 is 5.33. The second-order valence-electron chi connectivity index (χ2n) is 9.15. The summed E-state index contributed by atoms with van der Waals surface area (Å²) in [5.74, 6) is 0.114. The van der Waals surface area contributed by atoms with Crippen molar-refractivity contribution in [1.82, 2.24) is 15.6 Å². The Balaban J connectivity index is 1.69. The van der Waals surface area contributed by atoms with E-state index in [1.165, 1.54) is 11.8 Å². The summed E-state index contributed by atoms with van der Waals surface area (Å²) in [6, 6.07) is -1.24. The highest BCUT2D eigenvalue weighted by atomic mass is 32.2. The summed E-state index contributed by atoms with van der Waals surface area (Å²) in [7, 11) is 0. The predicted molar refractivity (Wildman–Crippen MR) is 135 cm³/mol. The van der Waals surface area contributed by atoms with Gasteiger partial charge in [-0.25, -0.2) is 9.63 Å². The molecule has 0 radical (unpaired) electrons. The average molecular weight is 550 g/mol. The molecular weight excluding hydrogens is 510 g/mol. The molecule has 1 heterocycles. The largest absolute Gasteiger partial charge is 0.463 e. The van der Waals surface area contributed by atoms with E-state index in [4.69, 9.17) is 15.2 Å². The zero-order valence-corrected chi connectivity index (χ0v) is 22.7. The number of thioether (sulfide) groups is 2. The zero-order valence-electron chi connectivity index (χ0n) is 21.1. The van der Waals surface area contributed by atoms with E-state index < -0.39 is 24.0 Å². The van der Waals surface area contributed by atoms with E-state index in [1.54, 1.807) is 18.7 Å². The van der Waals surface area contributed by atoms with Crippen LogP contribution in [0.15, 0.2) is 0 Å². The van der Waals surface area contributed by atoms with E-state index in [9.17, 15) is 19.2 Å². The summed E-state index contributed by atoms with van der Waals surface area (Å²) in [6.45, 7) is 4.16. The Bertz CT molecular complexity index is 736. The van der Waals surface area contributed by atoms with E-state index >= 15 is 0 Å². The van der Waals surface area contributed by atoms with Crippen LogP contribution >= 0.6 is 23.5 Å². The first-order chi connectivity index (χ1) is 17.2. The van der Waals surface area contributed by atoms with Gasteiger partial charge < -0.3 is 15.0 Å². The van der Waals surface area contributed by atoms with Crippen molar-refractivity contribution < 1.29 is 39.2 Å². The Morgan fingerprint density at radius 1 is 1.03 bits per heavy atom. The minimum Gasteiger partial charge on any atom is -0.463 e. The molecule has 2 amide bonds. The Hall–Kier alpha value is -1.38. The van der Waals surface area contributed by atoms with Crippen LogP contribution < -0.4 is 5.32 Å². The predicted octanol–water partition coefficient (Wildman–Crippen LogP) is 2.25. The molecule has 0 aromatic rings. The van der Waals surface area contributed by atoms with Crippen molar-refractivity contribution in [2.75, 3.05) is 37.0 Å². The van der Waals surface area contributed by atoms with Gasteiger partial charge in [0.05, 0.1) is 18.0 Å². The molecule has 3 N–H and O–H groups in total. The lowest BCUT2D eigenvalue weighted by Crippen LogP contribution is -2.44. The molecule has 1 aliphatic heterocycles. The average Bonchev–Trinajstić information content (AvgIpc) is 3.36. The summed E-state index contributed by atoms with van der Waals surface area (Å²) in [5.41, 5.74) is 0. The number of hydrogen-bond acceptors (Lipinski definition) is 11. The Morgan fingerprint density at radius 3 is 2.42 bits per heavy atom. The monoisotopic (exact) mass is 549 g/mol. The number of carbonyl (C=O) groups is 4. The lowest BCUT2D eigenvalue weighted by molar-refractivity contribution is -0.490. The van der Waals surface area contributed by atoms with Crippen molar-refractivity contribution in [3.05, 3.63) is 0 Å². The van der Waals surface area contributed by atoms with Gasteiger partial charge in [0.25, 0.3) is 0 Å². The minimum atomic E-state index is -0.625. The van der Waals surface area contributed by atoms with Gasteiger partial charge in [0.1, 0.15) is 12.6 Å². The van der Waals surface area contributed by atoms with Crippen LogP contribution in [0.25, 0.3) is 0 Å². The maximum absolute atomic E-state index is 13.0. The highest BCUT2D eigenvalue weighted by molar-refractivity contribution is 8.13. The van der Waals surface area contributed by atoms with Crippen LogP contribution in [0, 0.1) is 11.8 Å². The summed E-state index contributed by atoms with van der Waals surface area (Å²) in [6.07, 6.45) is 6.23. The van der Waals surface area contributed by atoms with Crippen LogP contribution in [0.4, 0.5) is 0 Å². The van der Waals surface area contributed by atoms with Gasteiger partial charge in [-0.2, -0.15) is 11.8 Å². The molecule has 206 valence electrons. The van der Waals surface area contributed by atoms with Gasteiger partial charge in [0, 0.05) is 35.6 Å². The van der Waals surface area contributed by atoms with Gasteiger partial charge in [-0.3, -0.25) is 24.8 Å². The van der Waals surface area contributed by atoms with Crippen molar-refractivity contribution in [2.45, 2.75) is 70.9 Å². The normalized spacial score (nSPS) is 20.2. The highest BCUT2D eigenvalue weighted by Crippen LogP contribution is 2.25. The fourth-order valence-corrected chi connectivity index (χ4v) is 5.76. The number of nitrogens with one attached hydrogen (secondary N) is 1. The first-order valence-corrected chi connectivity index (χ1v) is 14.7. The van der Waals surface area contributed by atoms with E-state index in [-0.39, 0.29) is 47.2 Å². The first-order valence-electron chi connectivity index (χ1n) is 12.5. The molecule has 36 heavy (non-hydrogen) atoms. The van der Waals surface area contributed by atoms with Gasteiger partial charge in [-0.15, -0.1) is 0 Å². The topological polar surface area (TPSA) is 146 Å². The number of ether oxygens (including phenoxy) is 1. The van der Waals surface area contributed by atoms with Gasteiger partial charge >= 0.3 is 5.97 Å². The third-order valence-electron chi connectivity index (χ3n) is 6.30. The zero-order chi connectivity index (χ0) is 26.5. The smallest absolute Gasteiger partial charge is 0.328 e. The number of esters is 1. The number of hydrogen-bond donors (Lipinski definition) is 3. The molecule has 0 spiro atoms. The quantitative estimate of drug-likeness (QED) is 0.167. The molecule has 2 rings (SSSR count). The van der Waals surface area contributed by atoms with Crippen LogP contribution in [-0.2, 0) is 28.8 Å². The Kier molecular flexibility index (Phi) is 14.1. The number of amides is 2. The number of carbonyl (C=O) groups excluding carboxylic acids is 4. The third-order valence-corrected chi connectivity index (χ3v) is 8.52. The third kappa shape index (κ3) is 10.5. The lowest BCUT2D eigenvalue weighted by Gasteiger charge is -2.26. The molecule has 3 atom stereocenters.